The smallest absolute Gasteiger partial charge is 0.223 e. The van der Waals surface area contributed by atoms with Gasteiger partial charge in [0.05, 0.1) is 4.99 Å². The fourth-order valence-corrected chi connectivity index (χ4v) is 4.88. The highest BCUT2D eigenvalue weighted by Gasteiger charge is 2.50. The molecule has 0 radical (unpaired) electrons. The largest absolute Gasteiger partial charge is 0.393 e. The Kier molecular flexibility index (Phi) is 3.31. The van der Waals surface area contributed by atoms with Gasteiger partial charge in [-0.3, -0.25) is 4.79 Å². The summed E-state index contributed by atoms with van der Waals surface area (Å²) in [6.45, 7) is 0.608. The number of nitrogens with two attached hydrogens (primary N) is 1. The van der Waals surface area contributed by atoms with E-state index in [1.807, 2.05) is 0 Å². The first kappa shape index (κ1) is 12.4. The molecule has 4 aliphatic rings. The Morgan fingerprint density at radius 2 is 1.67 bits per heavy atom. The summed E-state index contributed by atoms with van der Waals surface area (Å²) in [5.41, 5.74) is 5.45. The van der Waals surface area contributed by atoms with Gasteiger partial charge in [-0.05, 0) is 55.8 Å². The molecule has 0 saturated heterocycles. The molecular weight excluding hydrogens is 244 g/mol. The summed E-state index contributed by atoms with van der Waals surface area (Å²) in [6, 6.07) is 0. The van der Waals surface area contributed by atoms with Gasteiger partial charge in [-0.1, -0.05) is 12.2 Å². The van der Waals surface area contributed by atoms with Gasteiger partial charge in [0.15, 0.2) is 0 Å². The minimum atomic E-state index is 0.264. The number of amides is 1. The molecule has 4 fully saturated rings. The maximum atomic E-state index is 12.3. The van der Waals surface area contributed by atoms with Gasteiger partial charge in [-0.15, -0.1) is 0 Å². The lowest BCUT2D eigenvalue weighted by atomic mass is 9.51. The van der Waals surface area contributed by atoms with Gasteiger partial charge in [0, 0.05) is 18.9 Å². The SMILES string of the molecule is NC(=S)CCNC(=O)C1C2CC3CC(C2)CC1C3. The number of carbonyl (C=O) groups is 1. The zero-order chi connectivity index (χ0) is 12.7. The summed E-state index contributed by atoms with van der Waals surface area (Å²) in [5, 5.41) is 3.04. The molecule has 4 heteroatoms. The predicted octanol–water partition coefficient (Wildman–Crippen LogP) is 1.85. The standard InChI is InChI=1S/C14H22N2OS/c15-12(18)1-2-16-14(17)13-10-4-8-3-9(6-10)7-11(13)5-8/h8-11,13H,1-7H2,(H2,15,18)(H,16,17). The second-order valence-electron chi connectivity index (χ2n) is 6.46. The van der Waals surface area contributed by atoms with Crippen LogP contribution in [0.5, 0.6) is 0 Å². The molecule has 0 atom stereocenters. The molecule has 4 bridgehead atoms. The second kappa shape index (κ2) is 4.80. The highest BCUT2D eigenvalue weighted by Crippen LogP contribution is 2.56. The van der Waals surface area contributed by atoms with Crippen molar-refractivity contribution in [2.75, 3.05) is 6.54 Å². The van der Waals surface area contributed by atoms with Crippen LogP contribution in [0.2, 0.25) is 0 Å². The van der Waals surface area contributed by atoms with Gasteiger partial charge >= 0.3 is 0 Å². The minimum absolute atomic E-state index is 0.264. The molecule has 4 saturated carbocycles. The van der Waals surface area contributed by atoms with Crippen molar-refractivity contribution in [3.63, 3.8) is 0 Å². The van der Waals surface area contributed by atoms with E-state index in [2.05, 4.69) is 5.32 Å². The minimum Gasteiger partial charge on any atom is -0.393 e. The van der Waals surface area contributed by atoms with Crippen molar-refractivity contribution in [1.29, 1.82) is 0 Å². The average molecular weight is 266 g/mol. The van der Waals surface area contributed by atoms with E-state index in [0.29, 0.717) is 29.8 Å². The summed E-state index contributed by atoms with van der Waals surface area (Å²) >= 11 is 4.83. The maximum absolute atomic E-state index is 12.3. The van der Waals surface area contributed by atoms with Crippen LogP contribution in [0.15, 0.2) is 0 Å². The van der Waals surface area contributed by atoms with Crippen molar-refractivity contribution >= 4 is 23.1 Å². The zero-order valence-corrected chi connectivity index (χ0v) is 11.5. The van der Waals surface area contributed by atoms with E-state index in [4.69, 9.17) is 18.0 Å². The molecule has 0 aromatic heterocycles. The van der Waals surface area contributed by atoms with Crippen molar-refractivity contribution in [2.24, 2.45) is 35.3 Å². The van der Waals surface area contributed by atoms with E-state index in [1.165, 1.54) is 32.1 Å². The molecule has 0 heterocycles. The first-order valence-electron chi connectivity index (χ1n) is 7.19. The van der Waals surface area contributed by atoms with E-state index in [1.54, 1.807) is 0 Å². The van der Waals surface area contributed by atoms with Crippen LogP contribution in [0.1, 0.15) is 38.5 Å². The van der Waals surface area contributed by atoms with Crippen LogP contribution in [0.4, 0.5) is 0 Å². The Hall–Kier alpha value is -0.640. The number of carbonyl (C=O) groups excluding carboxylic acids is 1. The first-order chi connectivity index (χ1) is 8.63. The Balaban J connectivity index is 1.59. The molecule has 3 N–H and O–H groups in total. The lowest BCUT2D eigenvalue weighted by Gasteiger charge is -2.53. The molecule has 100 valence electrons. The number of hydrogen-bond acceptors (Lipinski definition) is 2. The van der Waals surface area contributed by atoms with Crippen LogP contribution in [-0.4, -0.2) is 17.4 Å². The zero-order valence-electron chi connectivity index (χ0n) is 10.7. The number of hydrogen-bond donors (Lipinski definition) is 2. The molecule has 18 heavy (non-hydrogen) atoms. The first-order valence-corrected chi connectivity index (χ1v) is 7.60. The van der Waals surface area contributed by atoms with Gasteiger partial charge in [0.25, 0.3) is 0 Å². The average Bonchev–Trinajstić information content (AvgIpc) is 2.26. The molecule has 0 unspecified atom stereocenters. The van der Waals surface area contributed by atoms with Crippen LogP contribution in [0, 0.1) is 29.6 Å². The summed E-state index contributed by atoms with van der Waals surface area (Å²) in [7, 11) is 0. The van der Waals surface area contributed by atoms with E-state index in [9.17, 15) is 4.79 Å². The van der Waals surface area contributed by atoms with Crippen LogP contribution >= 0.6 is 12.2 Å². The topological polar surface area (TPSA) is 55.1 Å². The molecule has 3 nitrogen and oxygen atoms in total. The highest BCUT2D eigenvalue weighted by atomic mass is 32.1. The molecule has 0 aliphatic heterocycles. The molecule has 1 amide bonds. The van der Waals surface area contributed by atoms with Crippen molar-refractivity contribution in [2.45, 2.75) is 38.5 Å². The van der Waals surface area contributed by atoms with Crippen molar-refractivity contribution in [3.8, 4) is 0 Å². The van der Waals surface area contributed by atoms with Gasteiger partial charge < -0.3 is 11.1 Å². The fourth-order valence-electron chi connectivity index (χ4n) is 4.78. The number of rotatable bonds is 4. The Morgan fingerprint density at radius 3 is 2.17 bits per heavy atom. The Bertz CT molecular complexity index is 341. The highest BCUT2D eigenvalue weighted by molar-refractivity contribution is 7.80. The monoisotopic (exact) mass is 266 g/mol. The third-order valence-corrected chi connectivity index (χ3v) is 5.40. The lowest BCUT2D eigenvalue weighted by molar-refractivity contribution is -0.138. The summed E-state index contributed by atoms with van der Waals surface area (Å²) in [6.07, 6.45) is 7.22. The Labute approximate surface area is 114 Å². The molecule has 0 aromatic rings. The van der Waals surface area contributed by atoms with Crippen LogP contribution in [-0.2, 0) is 4.79 Å². The molecule has 0 aromatic carbocycles. The van der Waals surface area contributed by atoms with E-state index >= 15 is 0 Å². The quantitative estimate of drug-likeness (QED) is 0.764. The van der Waals surface area contributed by atoms with Gasteiger partial charge in [-0.2, -0.15) is 0 Å². The predicted molar refractivity (Wildman–Crippen MR) is 74.9 cm³/mol. The van der Waals surface area contributed by atoms with Gasteiger partial charge in [0.1, 0.15) is 0 Å². The van der Waals surface area contributed by atoms with Gasteiger partial charge in [-0.25, -0.2) is 0 Å². The van der Waals surface area contributed by atoms with E-state index in [-0.39, 0.29) is 11.8 Å². The Morgan fingerprint density at radius 1 is 1.11 bits per heavy atom. The fraction of sp³-hybridized carbons (Fsp3) is 0.857. The third kappa shape index (κ3) is 2.27. The summed E-state index contributed by atoms with van der Waals surface area (Å²) in [5.74, 6) is 3.71. The summed E-state index contributed by atoms with van der Waals surface area (Å²) < 4.78 is 0. The molecule has 0 spiro atoms. The van der Waals surface area contributed by atoms with Crippen molar-refractivity contribution in [3.05, 3.63) is 0 Å². The van der Waals surface area contributed by atoms with E-state index < -0.39 is 0 Å². The number of nitrogens with one attached hydrogen (secondary N) is 1. The van der Waals surface area contributed by atoms with Crippen molar-refractivity contribution < 1.29 is 4.79 Å². The second-order valence-corrected chi connectivity index (χ2v) is 6.99. The normalized spacial score (nSPS) is 40.8. The summed E-state index contributed by atoms with van der Waals surface area (Å²) in [4.78, 5) is 12.8. The molecular formula is C14H22N2OS. The number of thiocarbonyl (C=S) groups is 1. The third-order valence-electron chi connectivity index (χ3n) is 5.20. The van der Waals surface area contributed by atoms with Crippen LogP contribution in [0.25, 0.3) is 0 Å². The molecule has 4 rings (SSSR count). The lowest BCUT2D eigenvalue weighted by Crippen LogP contribution is -2.51. The molecule has 4 aliphatic carbocycles. The van der Waals surface area contributed by atoms with E-state index in [0.717, 1.165) is 11.8 Å². The van der Waals surface area contributed by atoms with Crippen LogP contribution < -0.4 is 11.1 Å². The van der Waals surface area contributed by atoms with Gasteiger partial charge in [0.2, 0.25) is 5.91 Å². The maximum Gasteiger partial charge on any atom is 0.223 e. The van der Waals surface area contributed by atoms with Crippen molar-refractivity contribution in [1.82, 2.24) is 5.32 Å². The van der Waals surface area contributed by atoms with Crippen LogP contribution in [0.3, 0.4) is 0 Å².